The molecule has 25 heavy (non-hydrogen) atoms. The van der Waals surface area contributed by atoms with Crippen LogP contribution in [-0.2, 0) is 13.1 Å². The molecule has 1 aromatic carbocycles. The third kappa shape index (κ3) is 3.55. The molecule has 0 spiro atoms. The molecule has 1 aliphatic heterocycles. The van der Waals surface area contributed by atoms with Gasteiger partial charge in [0.15, 0.2) is 10.6 Å². The first-order chi connectivity index (χ1) is 12.1. The van der Waals surface area contributed by atoms with Gasteiger partial charge in [-0.05, 0) is 49.6 Å². The highest BCUT2D eigenvalue weighted by atomic mass is 32.1. The lowest BCUT2D eigenvalue weighted by Crippen LogP contribution is -3.12. The van der Waals surface area contributed by atoms with E-state index in [-0.39, 0.29) is 0 Å². The quantitative estimate of drug-likeness (QED) is 0.663. The van der Waals surface area contributed by atoms with Crippen LogP contribution in [0.2, 0.25) is 0 Å². The van der Waals surface area contributed by atoms with E-state index in [2.05, 4.69) is 54.9 Å². The fraction of sp³-hybridized carbons (Fsp3) is 0.333. The summed E-state index contributed by atoms with van der Waals surface area (Å²) in [4.78, 5) is 3.06. The predicted octanol–water partition coefficient (Wildman–Crippen LogP) is 3.95. The molecule has 2 N–H and O–H groups in total. The van der Waals surface area contributed by atoms with Gasteiger partial charge in [0.05, 0.1) is 6.54 Å². The number of benzene rings is 1. The number of nitrogens with zero attached hydrogens (tertiary/aromatic N) is 2. The van der Waals surface area contributed by atoms with Crippen molar-refractivity contribution in [3.63, 3.8) is 0 Å². The van der Waals surface area contributed by atoms with Crippen molar-refractivity contribution in [2.45, 2.75) is 33.0 Å². The molecular formula is C18H21N4S3+. The molecule has 1 aliphatic rings. The summed E-state index contributed by atoms with van der Waals surface area (Å²) in [5.41, 5.74) is 3.79. The Hall–Kier alpha value is -1.54. The monoisotopic (exact) mass is 389 g/mol. The van der Waals surface area contributed by atoms with Crippen LogP contribution < -0.4 is 10.2 Å². The minimum Gasteiger partial charge on any atom is -0.330 e. The number of hydrogen-bond acceptors (Lipinski definition) is 5. The summed E-state index contributed by atoms with van der Waals surface area (Å²) in [6.07, 6.45) is 1.15. The van der Waals surface area contributed by atoms with Gasteiger partial charge in [-0.15, -0.1) is 16.4 Å². The number of fused-ring (bicyclic) bond motifs is 1. The summed E-state index contributed by atoms with van der Waals surface area (Å²) >= 11 is 8.96. The van der Waals surface area contributed by atoms with Crippen LogP contribution in [0.1, 0.15) is 29.0 Å². The Balaban J connectivity index is 1.49. The standard InChI is InChI=1S/C18H20N4S3/c1-12-3-5-14(6-4-12)19-17-20-22(18(23)25-17)11-21-9-7-16-15(13(21)2)8-10-24-16/h3-6,8,10,13H,7,9,11H2,1-2H3,(H,19,20)/p+1/t13-/m1/s1. The van der Waals surface area contributed by atoms with E-state index in [0.717, 1.165) is 34.4 Å². The number of anilines is 2. The second-order valence-electron chi connectivity index (χ2n) is 6.50. The van der Waals surface area contributed by atoms with Crippen molar-refractivity contribution in [1.82, 2.24) is 9.78 Å². The van der Waals surface area contributed by atoms with Gasteiger partial charge >= 0.3 is 0 Å². The summed E-state index contributed by atoms with van der Waals surface area (Å²) in [5, 5.41) is 11.1. The zero-order chi connectivity index (χ0) is 17.4. The van der Waals surface area contributed by atoms with Gasteiger partial charge in [0, 0.05) is 22.5 Å². The first-order valence-corrected chi connectivity index (χ1v) is 10.5. The second kappa shape index (κ2) is 6.99. The Kier molecular flexibility index (Phi) is 4.73. The van der Waals surface area contributed by atoms with Crippen LogP contribution in [0.5, 0.6) is 0 Å². The van der Waals surface area contributed by atoms with Gasteiger partial charge in [-0.2, -0.15) is 4.68 Å². The first kappa shape index (κ1) is 16.9. The Bertz CT molecular complexity index is 922. The minimum absolute atomic E-state index is 0.493. The number of hydrogen-bond donors (Lipinski definition) is 2. The highest BCUT2D eigenvalue weighted by Crippen LogP contribution is 2.25. The summed E-state index contributed by atoms with van der Waals surface area (Å²) < 4.78 is 2.80. The summed E-state index contributed by atoms with van der Waals surface area (Å²) in [5.74, 6) is 0. The summed E-state index contributed by atoms with van der Waals surface area (Å²) in [6, 6.07) is 11.1. The maximum absolute atomic E-state index is 5.55. The van der Waals surface area contributed by atoms with Crippen LogP contribution in [0.4, 0.5) is 10.8 Å². The van der Waals surface area contributed by atoms with Crippen LogP contribution in [0.25, 0.3) is 0 Å². The molecule has 0 saturated heterocycles. The number of aromatic nitrogens is 2. The lowest BCUT2D eigenvalue weighted by Gasteiger charge is -2.30. The van der Waals surface area contributed by atoms with E-state index >= 15 is 0 Å². The molecule has 3 heterocycles. The molecule has 0 bridgehead atoms. The lowest BCUT2D eigenvalue weighted by atomic mass is 10.0. The van der Waals surface area contributed by atoms with Crippen molar-refractivity contribution in [2.24, 2.45) is 0 Å². The highest BCUT2D eigenvalue weighted by Gasteiger charge is 2.28. The molecule has 0 amide bonds. The molecule has 0 saturated carbocycles. The maximum atomic E-state index is 5.55. The van der Waals surface area contributed by atoms with Crippen molar-refractivity contribution in [3.05, 3.63) is 55.7 Å². The van der Waals surface area contributed by atoms with E-state index in [1.165, 1.54) is 27.4 Å². The summed E-state index contributed by atoms with van der Waals surface area (Å²) in [7, 11) is 0. The van der Waals surface area contributed by atoms with Crippen LogP contribution in [0.15, 0.2) is 35.7 Å². The first-order valence-electron chi connectivity index (χ1n) is 8.42. The molecule has 0 radical (unpaired) electrons. The molecular weight excluding hydrogens is 368 g/mol. The smallest absolute Gasteiger partial charge is 0.209 e. The lowest BCUT2D eigenvalue weighted by molar-refractivity contribution is -0.954. The number of aryl methyl sites for hydroxylation is 1. The van der Waals surface area contributed by atoms with Crippen LogP contribution in [0, 0.1) is 10.9 Å². The normalized spacial score (nSPS) is 19.6. The van der Waals surface area contributed by atoms with Gasteiger partial charge in [0.2, 0.25) is 5.13 Å². The number of quaternary nitrogens is 1. The van der Waals surface area contributed by atoms with Crippen molar-refractivity contribution >= 4 is 45.7 Å². The topological polar surface area (TPSA) is 34.3 Å². The average Bonchev–Trinajstić information content (AvgIpc) is 3.20. The Morgan fingerprint density at radius 1 is 1.32 bits per heavy atom. The van der Waals surface area contributed by atoms with E-state index < -0.39 is 0 Å². The van der Waals surface area contributed by atoms with Gasteiger partial charge in [-0.3, -0.25) is 0 Å². The molecule has 2 aromatic heterocycles. The molecule has 0 fully saturated rings. The predicted molar refractivity (Wildman–Crippen MR) is 108 cm³/mol. The van der Waals surface area contributed by atoms with Crippen LogP contribution in [-0.4, -0.2) is 16.3 Å². The largest absolute Gasteiger partial charge is 0.330 e. The maximum Gasteiger partial charge on any atom is 0.209 e. The van der Waals surface area contributed by atoms with Gasteiger partial charge < -0.3 is 10.2 Å². The fourth-order valence-corrected chi connectivity index (χ4v) is 5.28. The van der Waals surface area contributed by atoms with Gasteiger partial charge in [-0.25, -0.2) is 0 Å². The van der Waals surface area contributed by atoms with Gasteiger partial charge in [0.1, 0.15) is 6.04 Å². The Labute approximate surface area is 160 Å². The third-order valence-electron chi connectivity index (χ3n) is 4.79. The minimum atomic E-state index is 0.493. The Morgan fingerprint density at radius 3 is 2.92 bits per heavy atom. The highest BCUT2D eigenvalue weighted by molar-refractivity contribution is 7.73. The van der Waals surface area contributed by atoms with Crippen LogP contribution in [0.3, 0.4) is 0 Å². The average molecular weight is 390 g/mol. The molecule has 7 heteroatoms. The van der Waals surface area contributed by atoms with E-state index in [1.807, 2.05) is 16.0 Å². The van der Waals surface area contributed by atoms with E-state index in [1.54, 1.807) is 4.88 Å². The molecule has 1 unspecified atom stereocenters. The van der Waals surface area contributed by atoms with Gasteiger partial charge in [0.25, 0.3) is 0 Å². The number of rotatable bonds is 4. The van der Waals surface area contributed by atoms with Gasteiger partial charge in [-0.1, -0.05) is 29.0 Å². The fourth-order valence-electron chi connectivity index (χ4n) is 3.28. The SMILES string of the molecule is Cc1ccc(Nc2nn(C[NH+]3CCc4sccc4[C@H]3C)c(=S)s2)cc1. The van der Waals surface area contributed by atoms with E-state index in [0.29, 0.717) is 6.04 Å². The van der Waals surface area contributed by atoms with E-state index in [9.17, 15) is 0 Å². The molecule has 4 nitrogen and oxygen atoms in total. The Morgan fingerprint density at radius 2 is 2.12 bits per heavy atom. The zero-order valence-electron chi connectivity index (χ0n) is 14.3. The van der Waals surface area contributed by atoms with Crippen molar-refractivity contribution in [1.29, 1.82) is 0 Å². The van der Waals surface area contributed by atoms with Crippen molar-refractivity contribution in [2.75, 3.05) is 11.9 Å². The zero-order valence-corrected chi connectivity index (χ0v) is 16.7. The molecule has 2 atom stereocenters. The molecule has 4 rings (SSSR count). The number of thiophene rings is 1. The summed E-state index contributed by atoms with van der Waals surface area (Å²) in [6.45, 7) is 6.35. The van der Waals surface area contributed by atoms with Crippen LogP contribution >= 0.6 is 34.9 Å². The second-order valence-corrected chi connectivity index (χ2v) is 9.12. The van der Waals surface area contributed by atoms with E-state index in [4.69, 9.17) is 17.3 Å². The number of nitrogens with one attached hydrogen (secondary N) is 2. The van der Waals surface area contributed by atoms with Crippen molar-refractivity contribution < 1.29 is 4.90 Å². The third-order valence-corrected chi connectivity index (χ3v) is 7.01. The van der Waals surface area contributed by atoms with Crippen molar-refractivity contribution in [3.8, 4) is 0 Å². The molecule has 130 valence electrons. The molecule has 0 aliphatic carbocycles. The molecule has 3 aromatic rings.